The number of nitrogens with zero attached hydrogens (tertiary/aromatic N) is 3. The van der Waals surface area contributed by atoms with Crippen LogP contribution in [0, 0.1) is 12.7 Å². The number of nitrogens with one attached hydrogen (secondary N) is 1. The van der Waals surface area contributed by atoms with Crippen LogP contribution in [0.2, 0.25) is 0 Å². The molecular weight excluding hydrogens is 211 g/mol. The minimum Gasteiger partial charge on any atom is -0.367 e. The predicted molar refractivity (Wildman–Crippen MR) is 55.4 cm³/mol. The number of aryl methyl sites for hydroxylation is 1. The van der Waals surface area contributed by atoms with Gasteiger partial charge in [-0.3, -0.25) is 0 Å². The molecule has 0 radical (unpaired) electrons. The quantitative estimate of drug-likeness (QED) is 0.850. The van der Waals surface area contributed by atoms with Crippen molar-refractivity contribution in [2.75, 3.05) is 11.9 Å². The molecule has 0 aromatic carbocycles. The van der Waals surface area contributed by atoms with Gasteiger partial charge in [0.2, 0.25) is 5.89 Å². The van der Waals surface area contributed by atoms with E-state index in [0.29, 0.717) is 24.7 Å². The Bertz CT molecular complexity index is 471. The highest BCUT2D eigenvalue weighted by atomic mass is 19.1. The lowest BCUT2D eigenvalue weighted by Gasteiger charge is -2.03. The molecule has 0 saturated carbocycles. The van der Waals surface area contributed by atoms with Crippen LogP contribution in [0.15, 0.2) is 22.9 Å². The molecule has 0 saturated heterocycles. The van der Waals surface area contributed by atoms with Gasteiger partial charge in [0.05, 0.1) is 0 Å². The normalized spacial score (nSPS) is 10.4. The lowest BCUT2D eigenvalue weighted by Crippen LogP contribution is -2.07. The molecule has 0 spiro atoms. The minimum atomic E-state index is -0.371. The van der Waals surface area contributed by atoms with Gasteiger partial charge < -0.3 is 9.84 Å². The Kier molecular flexibility index (Phi) is 3.09. The number of aromatic nitrogens is 3. The fraction of sp³-hybridized carbons (Fsp3) is 0.300. The highest BCUT2D eigenvalue weighted by Gasteiger charge is 2.04. The first-order chi connectivity index (χ1) is 7.75. The number of hydrogen-bond acceptors (Lipinski definition) is 5. The molecule has 0 atom stereocenters. The fourth-order valence-electron chi connectivity index (χ4n) is 1.25. The Morgan fingerprint density at radius 3 is 3.06 bits per heavy atom. The maximum atomic E-state index is 13.1. The lowest BCUT2D eigenvalue weighted by molar-refractivity contribution is 0.377. The van der Waals surface area contributed by atoms with E-state index in [2.05, 4.69) is 20.4 Å². The Morgan fingerprint density at radius 1 is 1.50 bits per heavy atom. The van der Waals surface area contributed by atoms with Gasteiger partial charge in [0.1, 0.15) is 0 Å². The van der Waals surface area contributed by atoms with Gasteiger partial charge in [0.25, 0.3) is 0 Å². The van der Waals surface area contributed by atoms with Crippen LogP contribution in [0.3, 0.4) is 0 Å². The zero-order valence-electron chi connectivity index (χ0n) is 8.77. The van der Waals surface area contributed by atoms with Crippen molar-refractivity contribution < 1.29 is 8.91 Å². The number of halogens is 1. The summed E-state index contributed by atoms with van der Waals surface area (Å²) >= 11 is 0. The average Bonchev–Trinajstić information content (AvgIpc) is 2.67. The van der Waals surface area contributed by atoms with Gasteiger partial charge in [-0.15, -0.1) is 0 Å². The standard InChI is InChI=1S/C10H11FN4O/c1-7-14-9(16-15-7)4-6-13-10-8(11)3-2-5-12-10/h2-3,5H,4,6H2,1H3,(H,12,13). The zero-order chi connectivity index (χ0) is 11.4. The molecule has 0 aliphatic heterocycles. The van der Waals surface area contributed by atoms with Gasteiger partial charge in [0.15, 0.2) is 17.5 Å². The Labute approximate surface area is 91.7 Å². The van der Waals surface area contributed by atoms with Crippen LogP contribution in [0.4, 0.5) is 10.2 Å². The van der Waals surface area contributed by atoms with E-state index >= 15 is 0 Å². The largest absolute Gasteiger partial charge is 0.367 e. The summed E-state index contributed by atoms with van der Waals surface area (Å²) in [5.74, 6) is 0.989. The van der Waals surface area contributed by atoms with Crippen molar-refractivity contribution in [1.82, 2.24) is 15.1 Å². The molecule has 0 fully saturated rings. The second-order valence-corrected chi connectivity index (χ2v) is 3.25. The molecule has 0 bridgehead atoms. The van der Waals surface area contributed by atoms with E-state index in [1.54, 1.807) is 13.0 Å². The summed E-state index contributed by atoms with van der Waals surface area (Å²) in [6.45, 7) is 2.24. The van der Waals surface area contributed by atoms with Gasteiger partial charge in [-0.2, -0.15) is 4.98 Å². The molecule has 2 heterocycles. The molecule has 84 valence electrons. The SMILES string of the molecule is Cc1noc(CCNc2ncccc2F)n1. The van der Waals surface area contributed by atoms with Gasteiger partial charge in [-0.25, -0.2) is 9.37 Å². The summed E-state index contributed by atoms with van der Waals surface area (Å²) in [5.41, 5.74) is 0. The maximum Gasteiger partial charge on any atom is 0.228 e. The Morgan fingerprint density at radius 2 is 2.38 bits per heavy atom. The summed E-state index contributed by atoms with van der Waals surface area (Å²) in [6.07, 6.45) is 2.07. The van der Waals surface area contributed by atoms with Crippen LogP contribution in [0.25, 0.3) is 0 Å². The topological polar surface area (TPSA) is 63.8 Å². The van der Waals surface area contributed by atoms with Crippen molar-refractivity contribution in [3.05, 3.63) is 35.9 Å². The summed E-state index contributed by atoms with van der Waals surface area (Å²) < 4.78 is 18.1. The highest BCUT2D eigenvalue weighted by molar-refractivity contribution is 5.35. The number of rotatable bonds is 4. The third-order valence-corrected chi connectivity index (χ3v) is 1.96. The molecule has 2 aromatic heterocycles. The first-order valence-electron chi connectivity index (χ1n) is 4.89. The molecule has 1 N–H and O–H groups in total. The molecule has 5 nitrogen and oxygen atoms in total. The second-order valence-electron chi connectivity index (χ2n) is 3.25. The van der Waals surface area contributed by atoms with E-state index in [-0.39, 0.29) is 11.6 Å². The van der Waals surface area contributed by atoms with E-state index in [9.17, 15) is 4.39 Å². The monoisotopic (exact) mass is 222 g/mol. The van der Waals surface area contributed by atoms with Crippen molar-refractivity contribution in [3.63, 3.8) is 0 Å². The Hall–Kier alpha value is -1.98. The molecular formula is C10H11FN4O. The van der Waals surface area contributed by atoms with E-state index in [1.165, 1.54) is 12.3 Å². The van der Waals surface area contributed by atoms with E-state index in [0.717, 1.165) is 0 Å². The van der Waals surface area contributed by atoms with Crippen LogP contribution in [-0.2, 0) is 6.42 Å². The minimum absolute atomic E-state index is 0.235. The average molecular weight is 222 g/mol. The molecule has 0 amide bonds. The molecule has 0 unspecified atom stereocenters. The van der Waals surface area contributed by atoms with Crippen LogP contribution in [0.1, 0.15) is 11.7 Å². The van der Waals surface area contributed by atoms with Crippen molar-refractivity contribution in [2.45, 2.75) is 13.3 Å². The fourth-order valence-corrected chi connectivity index (χ4v) is 1.25. The van der Waals surface area contributed by atoms with Gasteiger partial charge >= 0.3 is 0 Å². The Balaban J connectivity index is 1.87. The van der Waals surface area contributed by atoms with Crippen LogP contribution >= 0.6 is 0 Å². The number of hydrogen-bond donors (Lipinski definition) is 1. The van der Waals surface area contributed by atoms with Crippen molar-refractivity contribution in [2.24, 2.45) is 0 Å². The second kappa shape index (κ2) is 4.69. The summed E-state index contributed by atoms with van der Waals surface area (Å²) in [7, 11) is 0. The number of anilines is 1. The van der Waals surface area contributed by atoms with Crippen LogP contribution in [-0.4, -0.2) is 21.7 Å². The van der Waals surface area contributed by atoms with Gasteiger partial charge in [-0.1, -0.05) is 5.16 Å². The molecule has 2 aromatic rings. The zero-order valence-corrected chi connectivity index (χ0v) is 8.77. The van der Waals surface area contributed by atoms with E-state index < -0.39 is 0 Å². The summed E-state index contributed by atoms with van der Waals surface area (Å²) in [5, 5.41) is 6.51. The highest BCUT2D eigenvalue weighted by Crippen LogP contribution is 2.08. The van der Waals surface area contributed by atoms with Gasteiger partial charge in [0, 0.05) is 19.2 Å². The van der Waals surface area contributed by atoms with Crippen molar-refractivity contribution in [1.29, 1.82) is 0 Å². The maximum absolute atomic E-state index is 13.1. The first-order valence-corrected chi connectivity index (χ1v) is 4.89. The molecule has 0 aliphatic rings. The third kappa shape index (κ3) is 2.53. The molecule has 6 heteroatoms. The first kappa shape index (κ1) is 10.5. The van der Waals surface area contributed by atoms with Crippen molar-refractivity contribution in [3.8, 4) is 0 Å². The summed E-state index contributed by atoms with van der Waals surface area (Å²) in [4.78, 5) is 7.89. The van der Waals surface area contributed by atoms with E-state index in [1.807, 2.05) is 0 Å². The smallest absolute Gasteiger partial charge is 0.228 e. The van der Waals surface area contributed by atoms with Gasteiger partial charge in [-0.05, 0) is 19.1 Å². The summed E-state index contributed by atoms with van der Waals surface area (Å²) in [6, 6.07) is 2.90. The molecule has 16 heavy (non-hydrogen) atoms. The van der Waals surface area contributed by atoms with Crippen LogP contribution in [0.5, 0.6) is 0 Å². The predicted octanol–water partition coefficient (Wildman–Crippen LogP) is 1.57. The molecule has 0 aliphatic carbocycles. The number of pyridine rings is 1. The van der Waals surface area contributed by atoms with Crippen molar-refractivity contribution >= 4 is 5.82 Å². The lowest BCUT2D eigenvalue weighted by atomic mass is 10.4. The third-order valence-electron chi connectivity index (χ3n) is 1.96. The van der Waals surface area contributed by atoms with E-state index in [4.69, 9.17) is 4.52 Å². The van der Waals surface area contributed by atoms with Crippen LogP contribution < -0.4 is 5.32 Å². The molecule has 2 rings (SSSR count).